The molecule has 0 fully saturated rings. The maximum absolute atomic E-state index is 5.82. The summed E-state index contributed by atoms with van der Waals surface area (Å²) in [7, 11) is 0. The number of aryl methyl sites for hydroxylation is 2. The fourth-order valence-electron chi connectivity index (χ4n) is 2.46. The summed E-state index contributed by atoms with van der Waals surface area (Å²) in [6.45, 7) is 3.76. The van der Waals surface area contributed by atoms with Crippen molar-refractivity contribution in [2.45, 2.75) is 39.2 Å². The van der Waals surface area contributed by atoms with Gasteiger partial charge in [-0.3, -0.25) is 0 Å². The molecule has 1 heterocycles. The van der Waals surface area contributed by atoms with Crippen LogP contribution in [0, 0.1) is 0 Å². The van der Waals surface area contributed by atoms with E-state index in [0.29, 0.717) is 5.19 Å². The Morgan fingerprint density at radius 2 is 2.05 bits per heavy atom. The average Bonchev–Trinajstić information content (AvgIpc) is 2.92. The van der Waals surface area contributed by atoms with Crippen molar-refractivity contribution in [3.63, 3.8) is 0 Å². The van der Waals surface area contributed by atoms with Crippen molar-refractivity contribution < 1.29 is 4.74 Å². The summed E-state index contributed by atoms with van der Waals surface area (Å²) in [5.41, 5.74) is 2.89. The molecule has 0 radical (unpaired) electrons. The molecule has 0 atom stereocenters. The number of aromatic nitrogens is 2. The number of benzene rings is 1. The van der Waals surface area contributed by atoms with E-state index in [1.54, 1.807) is 0 Å². The molecule has 2 aromatic rings. The molecule has 0 bridgehead atoms. The lowest BCUT2D eigenvalue weighted by molar-refractivity contribution is 0.471. The van der Waals surface area contributed by atoms with E-state index in [9.17, 15) is 0 Å². The summed E-state index contributed by atoms with van der Waals surface area (Å²) in [6.07, 6.45) is 4.94. The number of fused-ring (bicyclic) bond motifs is 1. The lowest BCUT2D eigenvalue weighted by Gasteiger charge is -2.16. The van der Waals surface area contributed by atoms with Gasteiger partial charge in [0.2, 0.25) is 0 Å². The first-order valence-electron chi connectivity index (χ1n) is 7.18. The maximum Gasteiger partial charge on any atom is 0.299 e. The van der Waals surface area contributed by atoms with Gasteiger partial charge in [-0.1, -0.05) is 29.4 Å². The predicted octanol–water partition coefficient (Wildman–Crippen LogP) is 3.32. The fraction of sp³-hybridized carbons (Fsp3) is 0.467. The van der Waals surface area contributed by atoms with E-state index in [0.717, 1.165) is 30.3 Å². The highest BCUT2D eigenvalue weighted by molar-refractivity contribution is 7.13. The van der Waals surface area contributed by atoms with Gasteiger partial charge in [0.05, 0.1) is 0 Å². The van der Waals surface area contributed by atoms with E-state index in [4.69, 9.17) is 4.74 Å². The van der Waals surface area contributed by atoms with Gasteiger partial charge in [0, 0.05) is 6.54 Å². The molecule has 106 valence electrons. The molecule has 0 saturated carbocycles. The summed E-state index contributed by atoms with van der Waals surface area (Å²) >= 11 is 1.50. The number of nitrogens with one attached hydrogen (secondary N) is 1. The van der Waals surface area contributed by atoms with Crippen molar-refractivity contribution in [2.75, 3.05) is 6.54 Å². The molecule has 1 aliphatic rings. The van der Waals surface area contributed by atoms with Crippen LogP contribution in [0.25, 0.3) is 0 Å². The fourth-order valence-corrected chi connectivity index (χ4v) is 3.13. The van der Waals surface area contributed by atoms with Gasteiger partial charge in [0.1, 0.15) is 10.8 Å². The molecule has 0 amide bonds. The summed E-state index contributed by atoms with van der Waals surface area (Å²) in [4.78, 5) is 0. The van der Waals surface area contributed by atoms with Gasteiger partial charge in [-0.05, 0) is 55.5 Å². The first kappa shape index (κ1) is 13.5. The number of nitrogens with zero attached hydrogens (tertiary/aromatic N) is 2. The van der Waals surface area contributed by atoms with Crippen LogP contribution in [-0.2, 0) is 19.4 Å². The summed E-state index contributed by atoms with van der Waals surface area (Å²) in [6, 6.07) is 6.37. The lowest BCUT2D eigenvalue weighted by Crippen LogP contribution is -2.11. The Balaban J connectivity index is 1.69. The van der Waals surface area contributed by atoms with Crippen molar-refractivity contribution in [2.24, 2.45) is 0 Å². The van der Waals surface area contributed by atoms with E-state index in [1.807, 2.05) is 6.07 Å². The first-order chi connectivity index (χ1) is 9.85. The second-order valence-corrected chi connectivity index (χ2v) is 6.01. The Labute approximate surface area is 123 Å². The Hall–Kier alpha value is -1.46. The van der Waals surface area contributed by atoms with E-state index in [1.165, 1.54) is 41.7 Å². The smallest absolute Gasteiger partial charge is 0.299 e. The Morgan fingerprint density at radius 1 is 1.20 bits per heavy atom. The standard InChI is InChI=1S/C15H19N3OS/c1-2-16-10-14-17-18-15(20-14)19-13-8-7-11-5-3-4-6-12(11)9-13/h7-9,16H,2-6,10H2,1H3. The maximum atomic E-state index is 5.82. The van der Waals surface area contributed by atoms with Gasteiger partial charge in [0.25, 0.3) is 5.19 Å². The minimum absolute atomic E-state index is 0.619. The van der Waals surface area contributed by atoms with Crippen LogP contribution >= 0.6 is 11.3 Å². The second-order valence-electron chi connectivity index (χ2n) is 4.98. The van der Waals surface area contributed by atoms with Crippen molar-refractivity contribution in [3.8, 4) is 10.9 Å². The molecule has 5 heteroatoms. The topological polar surface area (TPSA) is 47.0 Å². The highest BCUT2D eigenvalue weighted by atomic mass is 32.1. The Kier molecular flexibility index (Phi) is 4.28. The lowest BCUT2D eigenvalue weighted by atomic mass is 9.92. The highest BCUT2D eigenvalue weighted by Gasteiger charge is 2.11. The third-order valence-corrected chi connectivity index (χ3v) is 4.30. The van der Waals surface area contributed by atoms with Crippen LogP contribution in [-0.4, -0.2) is 16.7 Å². The zero-order chi connectivity index (χ0) is 13.8. The van der Waals surface area contributed by atoms with Gasteiger partial charge >= 0.3 is 0 Å². The van der Waals surface area contributed by atoms with E-state index in [2.05, 4.69) is 34.6 Å². The third kappa shape index (κ3) is 3.16. The molecular formula is C15H19N3OS. The van der Waals surface area contributed by atoms with Crippen molar-refractivity contribution >= 4 is 11.3 Å². The van der Waals surface area contributed by atoms with Gasteiger partial charge in [-0.25, -0.2) is 0 Å². The van der Waals surface area contributed by atoms with Gasteiger partial charge in [0.15, 0.2) is 0 Å². The molecule has 0 aliphatic heterocycles. The molecule has 0 unspecified atom stereocenters. The molecule has 1 aromatic heterocycles. The molecule has 0 saturated heterocycles. The minimum atomic E-state index is 0.619. The zero-order valence-corrected chi connectivity index (χ0v) is 12.5. The summed E-state index contributed by atoms with van der Waals surface area (Å²) in [5.74, 6) is 0.872. The zero-order valence-electron chi connectivity index (χ0n) is 11.7. The molecule has 20 heavy (non-hydrogen) atoms. The predicted molar refractivity (Wildman–Crippen MR) is 80.4 cm³/mol. The van der Waals surface area contributed by atoms with Crippen molar-refractivity contribution in [3.05, 3.63) is 34.3 Å². The molecule has 3 rings (SSSR count). The quantitative estimate of drug-likeness (QED) is 0.917. The van der Waals surface area contributed by atoms with E-state index >= 15 is 0 Å². The largest absolute Gasteiger partial charge is 0.430 e. The Bertz CT molecular complexity index is 582. The van der Waals surface area contributed by atoms with E-state index < -0.39 is 0 Å². The van der Waals surface area contributed by atoms with Crippen LogP contribution in [0.15, 0.2) is 18.2 Å². The monoisotopic (exact) mass is 289 g/mol. The van der Waals surface area contributed by atoms with Crippen molar-refractivity contribution in [1.29, 1.82) is 0 Å². The average molecular weight is 289 g/mol. The van der Waals surface area contributed by atoms with Crippen LogP contribution in [0.5, 0.6) is 10.9 Å². The number of hydrogen-bond donors (Lipinski definition) is 1. The van der Waals surface area contributed by atoms with E-state index in [-0.39, 0.29) is 0 Å². The van der Waals surface area contributed by atoms with Crippen LogP contribution in [0.1, 0.15) is 35.9 Å². The molecule has 1 aromatic carbocycles. The number of rotatable bonds is 5. The van der Waals surface area contributed by atoms with Crippen LogP contribution in [0.2, 0.25) is 0 Å². The highest BCUT2D eigenvalue weighted by Crippen LogP contribution is 2.29. The van der Waals surface area contributed by atoms with Crippen LogP contribution in [0.3, 0.4) is 0 Å². The molecule has 1 N–H and O–H groups in total. The Morgan fingerprint density at radius 3 is 2.90 bits per heavy atom. The number of hydrogen-bond acceptors (Lipinski definition) is 5. The SMILES string of the molecule is CCNCc1nnc(Oc2ccc3c(c2)CCCC3)s1. The van der Waals surface area contributed by atoms with Crippen LogP contribution < -0.4 is 10.1 Å². The minimum Gasteiger partial charge on any atom is -0.430 e. The summed E-state index contributed by atoms with van der Waals surface area (Å²) in [5, 5.41) is 13.0. The molecule has 4 nitrogen and oxygen atoms in total. The molecule has 0 spiro atoms. The molecule has 1 aliphatic carbocycles. The van der Waals surface area contributed by atoms with Crippen LogP contribution in [0.4, 0.5) is 0 Å². The normalized spacial score (nSPS) is 14.1. The van der Waals surface area contributed by atoms with Gasteiger partial charge < -0.3 is 10.1 Å². The van der Waals surface area contributed by atoms with Crippen molar-refractivity contribution in [1.82, 2.24) is 15.5 Å². The number of ether oxygens (including phenoxy) is 1. The first-order valence-corrected chi connectivity index (χ1v) is 7.99. The summed E-state index contributed by atoms with van der Waals surface area (Å²) < 4.78 is 5.82. The third-order valence-electron chi connectivity index (χ3n) is 3.50. The second kappa shape index (κ2) is 6.33. The van der Waals surface area contributed by atoms with Gasteiger partial charge in [-0.2, -0.15) is 0 Å². The van der Waals surface area contributed by atoms with Gasteiger partial charge in [-0.15, -0.1) is 5.10 Å². The molecular weight excluding hydrogens is 270 g/mol.